The Morgan fingerprint density at radius 2 is 1.62 bits per heavy atom. The average molecular weight is 392 g/mol. The summed E-state index contributed by atoms with van der Waals surface area (Å²) in [6.07, 6.45) is 0. The van der Waals surface area contributed by atoms with Crippen molar-refractivity contribution in [2.75, 3.05) is 0 Å². The Labute approximate surface area is 169 Å². The van der Waals surface area contributed by atoms with Crippen LogP contribution in [0.1, 0.15) is 33.3 Å². The van der Waals surface area contributed by atoms with E-state index in [1.807, 2.05) is 77.1 Å². The van der Waals surface area contributed by atoms with E-state index in [-0.39, 0.29) is 5.55 Å². The van der Waals surface area contributed by atoms with Crippen molar-refractivity contribution < 1.29 is 13.7 Å². The zero-order chi connectivity index (χ0) is 21.0. The van der Waals surface area contributed by atoms with Crippen molar-refractivity contribution in [2.24, 2.45) is 12.0 Å². The molecule has 0 bridgehead atoms. The van der Waals surface area contributed by atoms with E-state index in [0.717, 1.165) is 21.9 Å². The van der Waals surface area contributed by atoms with Gasteiger partial charge < -0.3 is 13.7 Å². The van der Waals surface area contributed by atoms with Gasteiger partial charge in [-0.15, -0.1) is 0 Å². The van der Waals surface area contributed by atoms with Crippen LogP contribution < -0.4 is 16.8 Å². The van der Waals surface area contributed by atoms with Crippen LogP contribution in [0.25, 0.3) is 10.9 Å². The van der Waals surface area contributed by atoms with Crippen LogP contribution in [0, 0.1) is 6.92 Å². The summed E-state index contributed by atoms with van der Waals surface area (Å²) in [6.45, 7) is 10.1. The Balaban J connectivity index is 1.86. The maximum Gasteiger partial charge on any atom is 0.495 e. The lowest BCUT2D eigenvalue weighted by atomic mass is 9.76. The summed E-state index contributed by atoms with van der Waals surface area (Å²) in [4.78, 5) is 16.9. The first-order valence-corrected chi connectivity index (χ1v) is 9.69. The molecule has 1 saturated heterocycles. The van der Waals surface area contributed by atoms with Crippen LogP contribution in [0.4, 0.5) is 5.69 Å². The lowest BCUT2D eigenvalue weighted by molar-refractivity contribution is 0.00578. The molecule has 1 aromatic heterocycles. The summed E-state index contributed by atoms with van der Waals surface area (Å²) >= 11 is 0. The van der Waals surface area contributed by atoms with Gasteiger partial charge in [-0.25, -0.2) is 9.79 Å². The molecule has 29 heavy (non-hydrogen) atoms. The van der Waals surface area contributed by atoms with Gasteiger partial charge in [0.15, 0.2) is 0 Å². The summed E-state index contributed by atoms with van der Waals surface area (Å²) in [7, 11) is 1.20. The van der Waals surface area contributed by atoms with Gasteiger partial charge >= 0.3 is 12.9 Å². The molecule has 150 valence electrons. The summed E-state index contributed by atoms with van der Waals surface area (Å²) in [6, 6.07) is 13.3. The highest BCUT2D eigenvalue weighted by molar-refractivity contribution is 6.62. The number of hydrogen-bond donors (Lipinski definition) is 0. The van der Waals surface area contributed by atoms with E-state index >= 15 is 0 Å². The van der Waals surface area contributed by atoms with Crippen LogP contribution in [-0.2, 0) is 16.4 Å². The lowest BCUT2D eigenvalue weighted by Gasteiger charge is -2.32. The van der Waals surface area contributed by atoms with Gasteiger partial charge in [0.25, 0.3) is 0 Å². The van der Waals surface area contributed by atoms with E-state index in [4.69, 9.17) is 13.7 Å². The molecule has 0 amide bonds. The van der Waals surface area contributed by atoms with Crippen LogP contribution >= 0.6 is 0 Å². The first-order valence-electron chi connectivity index (χ1n) is 9.69. The Morgan fingerprint density at radius 1 is 0.966 bits per heavy atom. The fraction of sp³-hybridized carbons (Fsp3) is 0.364. The molecule has 0 unspecified atom stereocenters. The van der Waals surface area contributed by atoms with Crippen LogP contribution in [0.15, 0.2) is 56.7 Å². The first-order chi connectivity index (χ1) is 13.6. The van der Waals surface area contributed by atoms with Gasteiger partial charge in [-0.2, -0.15) is 0 Å². The molecule has 6 nitrogen and oxygen atoms in total. The number of hydrogen-bond acceptors (Lipinski definition) is 5. The minimum absolute atomic E-state index is 0.290. The molecule has 1 fully saturated rings. The standard InChI is InChI=1S/C22H25BN2O4/c1-14-16(23-28-21(2,3)22(4,5)29-23)11-9-12-17(14)24-19-15-10-7-8-13-18(15)25(6)20(26)27-19/h7-13H,1-6H3/b24-19-. The number of aromatic nitrogens is 1. The average Bonchev–Trinajstić information content (AvgIpc) is 2.88. The molecule has 3 aromatic rings. The third-order valence-electron chi connectivity index (χ3n) is 6.03. The van der Waals surface area contributed by atoms with E-state index in [9.17, 15) is 4.79 Å². The van der Waals surface area contributed by atoms with Crippen molar-refractivity contribution in [1.29, 1.82) is 0 Å². The van der Waals surface area contributed by atoms with Gasteiger partial charge in [0.1, 0.15) is 0 Å². The van der Waals surface area contributed by atoms with Crippen molar-refractivity contribution >= 4 is 29.2 Å². The second-order valence-corrected chi connectivity index (χ2v) is 8.44. The van der Waals surface area contributed by atoms with Crippen LogP contribution in [0.3, 0.4) is 0 Å². The van der Waals surface area contributed by atoms with Crippen LogP contribution in [0.5, 0.6) is 0 Å². The maximum atomic E-state index is 12.2. The van der Waals surface area contributed by atoms with E-state index in [0.29, 0.717) is 5.69 Å². The van der Waals surface area contributed by atoms with E-state index in [2.05, 4.69) is 4.99 Å². The van der Waals surface area contributed by atoms with Crippen molar-refractivity contribution in [3.8, 4) is 0 Å². The van der Waals surface area contributed by atoms with Crippen LogP contribution in [-0.4, -0.2) is 22.9 Å². The molecule has 2 heterocycles. The van der Waals surface area contributed by atoms with E-state index < -0.39 is 24.1 Å². The predicted molar refractivity (Wildman–Crippen MR) is 114 cm³/mol. The molecule has 0 N–H and O–H groups in total. The van der Waals surface area contributed by atoms with Gasteiger partial charge in [0.2, 0.25) is 5.55 Å². The number of benzene rings is 2. The second kappa shape index (κ2) is 6.71. The number of fused-ring (bicyclic) bond motifs is 1. The van der Waals surface area contributed by atoms with Crippen molar-refractivity contribution in [3.63, 3.8) is 0 Å². The minimum Gasteiger partial charge on any atom is -0.399 e. The SMILES string of the molecule is Cc1c(/N=c2\oc(=O)n(C)c3ccccc23)cccc1B1OC(C)(C)C(C)(C)O1. The number of para-hydroxylation sites is 1. The van der Waals surface area contributed by atoms with Gasteiger partial charge in [-0.05, 0) is 63.8 Å². The van der Waals surface area contributed by atoms with Gasteiger partial charge in [0, 0.05) is 7.05 Å². The summed E-state index contributed by atoms with van der Waals surface area (Å²) < 4.78 is 19.4. The summed E-state index contributed by atoms with van der Waals surface area (Å²) in [5.41, 5.74) is 2.76. The molecule has 0 aliphatic carbocycles. The van der Waals surface area contributed by atoms with Crippen molar-refractivity contribution in [3.05, 3.63) is 64.1 Å². The zero-order valence-corrected chi connectivity index (χ0v) is 17.6. The zero-order valence-electron chi connectivity index (χ0n) is 17.6. The summed E-state index contributed by atoms with van der Waals surface area (Å²) in [5.74, 6) is -0.456. The Kier molecular flexibility index (Phi) is 4.55. The molecule has 4 rings (SSSR count). The minimum atomic E-state index is -0.479. The molecular weight excluding hydrogens is 367 g/mol. The molecule has 0 spiro atoms. The van der Waals surface area contributed by atoms with Crippen molar-refractivity contribution in [1.82, 2.24) is 4.57 Å². The highest BCUT2D eigenvalue weighted by Crippen LogP contribution is 2.37. The quantitative estimate of drug-likeness (QED) is 0.629. The number of rotatable bonds is 2. The smallest absolute Gasteiger partial charge is 0.399 e. The van der Waals surface area contributed by atoms with E-state index in [1.165, 1.54) is 4.57 Å². The Morgan fingerprint density at radius 3 is 2.31 bits per heavy atom. The fourth-order valence-electron chi connectivity index (χ4n) is 3.43. The summed E-state index contributed by atoms with van der Waals surface area (Å²) in [5, 5.41) is 0.773. The molecular formula is C22H25BN2O4. The monoisotopic (exact) mass is 392 g/mol. The Hall–Kier alpha value is -2.64. The highest BCUT2D eigenvalue weighted by atomic mass is 16.7. The number of nitrogens with zero attached hydrogens (tertiary/aromatic N) is 2. The second-order valence-electron chi connectivity index (χ2n) is 8.44. The third kappa shape index (κ3) is 3.24. The Bertz CT molecular complexity index is 1210. The molecule has 7 heteroatoms. The number of aryl methyl sites for hydroxylation is 1. The normalized spacial score (nSPS) is 18.6. The van der Waals surface area contributed by atoms with Crippen molar-refractivity contribution in [2.45, 2.75) is 45.8 Å². The molecule has 0 saturated carbocycles. The highest BCUT2D eigenvalue weighted by Gasteiger charge is 2.52. The molecule has 2 aromatic carbocycles. The van der Waals surface area contributed by atoms with Crippen LogP contribution in [0.2, 0.25) is 0 Å². The topological polar surface area (TPSA) is 66.0 Å². The molecule has 0 radical (unpaired) electrons. The van der Waals surface area contributed by atoms with Gasteiger partial charge in [0.05, 0.1) is 27.8 Å². The molecule has 1 aliphatic rings. The lowest BCUT2D eigenvalue weighted by Crippen LogP contribution is -2.41. The molecule has 1 aliphatic heterocycles. The third-order valence-corrected chi connectivity index (χ3v) is 6.03. The molecule has 0 atom stereocenters. The van der Waals surface area contributed by atoms with E-state index in [1.54, 1.807) is 7.05 Å². The first kappa shape index (κ1) is 19.7. The fourth-order valence-corrected chi connectivity index (χ4v) is 3.43. The van der Waals surface area contributed by atoms with Gasteiger partial charge in [-0.3, -0.25) is 4.57 Å². The maximum absolute atomic E-state index is 12.2. The largest absolute Gasteiger partial charge is 0.495 e. The van der Waals surface area contributed by atoms with Gasteiger partial charge in [-0.1, -0.05) is 24.3 Å². The predicted octanol–water partition coefficient (Wildman–Crippen LogP) is 2.97.